The first-order valence-electron chi connectivity index (χ1n) is 7.31. The summed E-state index contributed by atoms with van der Waals surface area (Å²) in [4.78, 5) is 21.1. The van der Waals surface area contributed by atoms with Crippen molar-refractivity contribution in [1.82, 2.24) is 14.9 Å². The number of ether oxygens (including phenoxy) is 1. The largest absolute Gasteiger partial charge is 0.493 e. The third-order valence-corrected chi connectivity index (χ3v) is 3.51. The van der Waals surface area contributed by atoms with Gasteiger partial charge in [0, 0.05) is 13.1 Å². The first-order chi connectivity index (χ1) is 9.65. The first-order valence-corrected chi connectivity index (χ1v) is 7.31. The van der Waals surface area contributed by atoms with Gasteiger partial charge in [-0.3, -0.25) is 9.69 Å². The zero-order chi connectivity index (χ0) is 14.5. The number of rotatable bonds is 5. The molecule has 1 aliphatic rings. The SMILES string of the molecule is CCCc1c(O)nc(C2CN(CCC)CCO2)[nH]c1=O. The molecule has 1 saturated heterocycles. The molecule has 1 unspecified atom stereocenters. The minimum atomic E-state index is -0.274. The Kier molecular flexibility index (Phi) is 5.14. The van der Waals surface area contributed by atoms with E-state index in [1.807, 2.05) is 6.92 Å². The van der Waals surface area contributed by atoms with E-state index in [0.717, 1.165) is 25.9 Å². The minimum Gasteiger partial charge on any atom is -0.493 e. The van der Waals surface area contributed by atoms with Crippen molar-refractivity contribution in [2.45, 2.75) is 39.2 Å². The predicted molar refractivity (Wildman–Crippen MR) is 75.9 cm³/mol. The van der Waals surface area contributed by atoms with Crippen LogP contribution in [0.15, 0.2) is 4.79 Å². The van der Waals surface area contributed by atoms with Gasteiger partial charge in [0.1, 0.15) is 11.9 Å². The molecule has 20 heavy (non-hydrogen) atoms. The Morgan fingerprint density at radius 2 is 2.25 bits per heavy atom. The van der Waals surface area contributed by atoms with Crippen LogP contribution < -0.4 is 5.56 Å². The Bertz CT molecular complexity index is 499. The number of nitrogens with zero attached hydrogens (tertiary/aromatic N) is 2. The van der Waals surface area contributed by atoms with Crippen LogP contribution >= 0.6 is 0 Å². The van der Waals surface area contributed by atoms with E-state index in [4.69, 9.17) is 4.74 Å². The molecule has 1 fully saturated rings. The third kappa shape index (κ3) is 3.37. The molecule has 0 bridgehead atoms. The Morgan fingerprint density at radius 3 is 2.90 bits per heavy atom. The van der Waals surface area contributed by atoms with E-state index >= 15 is 0 Å². The maximum absolute atomic E-state index is 12.0. The second kappa shape index (κ2) is 6.85. The third-order valence-electron chi connectivity index (χ3n) is 3.51. The summed E-state index contributed by atoms with van der Waals surface area (Å²) in [7, 11) is 0. The predicted octanol–water partition coefficient (Wildman–Crippen LogP) is 1.21. The fourth-order valence-corrected chi connectivity index (χ4v) is 2.52. The van der Waals surface area contributed by atoms with Gasteiger partial charge in [0.15, 0.2) is 0 Å². The molecule has 0 amide bonds. The molecule has 0 saturated carbocycles. The highest BCUT2D eigenvalue weighted by Crippen LogP contribution is 2.21. The Hall–Kier alpha value is -1.40. The van der Waals surface area contributed by atoms with Crippen LogP contribution in [0.2, 0.25) is 0 Å². The molecule has 6 nitrogen and oxygen atoms in total. The lowest BCUT2D eigenvalue weighted by atomic mass is 10.2. The summed E-state index contributed by atoms with van der Waals surface area (Å²) in [6, 6.07) is 0. The zero-order valence-corrected chi connectivity index (χ0v) is 12.2. The fourth-order valence-electron chi connectivity index (χ4n) is 2.52. The average Bonchev–Trinajstić information content (AvgIpc) is 2.43. The second-order valence-corrected chi connectivity index (χ2v) is 5.16. The molecule has 1 aliphatic heterocycles. The molecule has 1 atom stereocenters. The van der Waals surface area contributed by atoms with Crippen molar-refractivity contribution in [3.63, 3.8) is 0 Å². The highest BCUT2D eigenvalue weighted by molar-refractivity contribution is 5.23. The van der Waals surface area contributed by atoms with Gasteiger partial charge in [-0.1, -0.05) is 20.3 Å². The molecule has 0 spiro atoms. The van der Waals surface area contributed by atoms with Gasteiger partial charge in [-0.2, -0.15) is 4.98 Å². The van der Waals surface area contributed by atoms with Crippen LogP contribution in [0.1, 0.15) is 44.2 Å². The van der Waals surface area contributed by atoms with Crippen molar-refractivity contribution < 1.29 is 9.84 Å². The number of aromatic nitrogens is 2. The number of hydrogen-bond acceptors (Lipinski definition) is 5. The summed E-state index contributed by atoms with van der Waals surface area (Å²) in [5.41, 5.74) is 0.100. The van der Waals surface area contributed by atoms with Gasteiger partial charge >= 0.3 is 0 Å². The molecule has 1 aromatic rings. The topological polar surface area (TPSA) is 78.5 Å². The van der Waals surface area contributed by atoms with Crippen LogP contribution in [0.3, 0.4) is 0 Å². The van der Waals surface area contributed by atoms with E-state index in [1.165, 1.54) is 0 Å². The Labute approximate surface area is 118 Å². The molecular weight excluding hydrogens is 258 g/mol. The maximum atomic E-state index is 12.0. The molecule has 112 valence electrons. The van der Waals surface area contributed by atoms with Crippen molar-refractivity contribution >= 4 is 0 Å². The number of morpholine rings is 1. The van der Waals surface area contributed by atoms with Crippen LogP contribution in [0.4, 0.5) is 0 Å². The zero-order valence-electron chi connectivity index (χ0n) is 12.2. The van der Waals surface area contributed by atoms with Gasteiger partial charge in [0.2, 0.25) is 5.88 Å². The number of H-pyrrole nitrogens is 1. The van der Waals surface area contributed by atoms with Crippen LogP contribution in [-0.4, -0.2) is 46.2 Å². The number of aromatic amines is 1. The standard InChI is InChI=1S/C14H23N3O3/c1-3-5-10-13(18)15-12(16-14(10)19)11-9-17(6-4-2)7-8-20-11/h11H,3-9H2,1-2H3,(H2,15,16,18,19). The summed E-state index contributed by atoms with van der Waals surface area (Å²) in [6.07, 6.45) is 2.13. The van der Waals surface area contributed by atoms with Crippen LogP contribution in [0.25, 0.3) is 0 Å². The molecule has 2 heterocycles. The monoisotopic (exact) mass is 281 g/mol. The van der Waals surface area contributed by atoms with E-state index in [-0.39, 0.29) is 17.5 Å². The quantitative estimate of drug-likeness (QED) is 0.848. The maximum Gasteiger partial charge on any atom is 0.258 e. The summed E-state index contributed by atoms with van der Waals surface area (Å²) in [6.45, 7) is 7.31. The van der Waals surface area contributed by atoms with Crippen molar-refractivity contribution in [2.24, 2.45) is 0 Å². The van der Waals surface area contributed by atoms with Crippen molar-refractivity contribution in [3.8, 4) is 5.88 Å². The van der Waals surface area contributed by atoms with Crippen LogP contribution in [-0.2, 0) is 11.2 Å². The summed E-state index contributed by atoms with van der Waals surface area (Å²) in [5, 5.41) is 9.90. The average molecular weight is 281 g/mol. The van der Waals surface area contributed by atoms with Gasteiger partial charge in [-0.25, -0.2) is 0 Å². The molecular formula is C14H23N3O3. The van der Waals surface area contributed by atoms with Gasteiger partial charge in [-0.15, -0.1) is 0 Å². The first kappa shape index (κ1) is 15.0. The number of nitrogens with one attached hydrogen (secondary N) is 1. The van der Waals surface area contributed by atoms with Gasteiger partial charge in [-0.05, 0) is 19.4 Å². The van der Waals surface area contributed by atoms with E-state index in [2.05, 4.69) is 21.8 Å². The number of hydrogen-bond donors (Lipinski definition) is 2. The van der Waals surface area contributed by atoms with Gasteiger partial charge in [0.25, 0.3) is 5.56 Å². The lowest BCUT2D eigenvalue weighted by Crippen LogP contribution is -2.39. The fraction of sp³-hybridized carbons (Fsp3) is 0.714. The number of aromatic hydroxyl groups is 1. The molecule has 2 N–H and O–H groups in total. The van der Waals surface area contributed by atoms with Crippen molar-refractivity contribution in [3.05, 3.63) is 21.7 Å². The van der Waals surface area contributed by atoms with Crippen molar-refractivity contribution in [2.75, 3.05) is 26.2 Å². The summed E-state index contributed by atoms with van der Waals surface area (Å²) < 4.78 is 5.66. The van der Waals surface area contributed by atoms with E-state index in [1.54, 1.807) is 0 Å². The Balaban J connectivity index is 2.18. The molecule has 2 rings (SSSR count). The van der Waals surface area contributed by atoms with E-state index < -0.39 is 0 Å². The Morgan fingerprint density at radius 1 is 1.45 bits per heavy atom. The second-order valence-electron chi connectivity index (χ2n) is 5.16. The molecule has 0 radical (unpaired) electrons. The van der Waals surface area contributed by atoms with Crippen molar-refractivity contribution in [1.29, 1.82) is 0 Å². The molecule has 0 aromatic carbocycles. The van der Waals surface area contributed by atoms with Crippen LogP contribution in [0, 0.1) is 0 Å². The highest BCUT2D eigenvalue weighted by atomic mass is 16.5. The van der Waals surface area contributed by atoms with E-state index in [0.29, 0.717) is 31.0 Å². The van der Waals surface area contributed by atoms with Gasteiger partial charge in [0.05, 0.1) is 12.2 Å². The normalized spacial score (nSPS) is 20.2. The lowest BCUT2D eigenvalue weighted by Gasteiger charge is -2.32. The highest BCUT2D eigenvalue weighted by Gasteiger charge is 2.24. The molecule has 6 heteroatoms. The molecule has 0 aliphatic carbocycles. The summed E-state index contributed by atoms with van der Waals surface area (Å²) in [5.74, 6) is 0.259. The van der Waals surface area contributed by atoms with Gasteiger partial charge < -0.3 is 14.8 Å². The minimum absolute atomic E-state index is 0.165. The molecule has 1 aromatic heterocycles. The van der Waals surface area contributed by atoms with Crippen LogP contribution in [0.5, 0.6) is 5.88 Å². The lowest BCUT2D eigenvalue weighted by molar-refractivity contribution is -0.0345. The van der Waals surface area contributed by atoms with E-state index in [9.17, 15) is 9.90 Å². The smallest absolute Gasteiger partial charge is 0.258 e. The summed E-state index contributed by atoms with van der Waals surface area (Å²) >= 11 is 0.